The summed E-state index contributed by atoms with van der Waals surface area (Å²) in [5.74, 6) is 0.0326. The van der Waals surface area contributed by atoms with Gasteiger partial charge in [-0.15, -0.1) is 10.2 Å². The Kier molecular flexibility index (Phi) is 5.93. The zero-order valence-electron chi connectivity index (χ0n) is 19.3. The van der Waals surface area contributed by atoms with E-state index in [4.69, 9.17) is 25.0 Å². The van der Waals surface area contributed by atoms with Crippen LogP contribution in [-0.2, 0) is 18.4 Å². The highest BCUT2D eigenvalue weighted by atomic mass is 32.3. The highest BCUT2D eigenvalue weighted by molar-refractivity contribution is 8.25. The van der Waals surface area contributed by atoms with Crippen LogP contribution in [0.2, 0.25) is 0 Å². The number of thiazole rings is 1. The van der Waals surface area contributed by atoms with E-state index in [1.807, 2.05) is 18.2 Å². The molecule has 37 heavy (non-hydrogen) atoms. The third-order valence-electron chi connectivity index (χ3n) is 6.31. The number of nitrogens with zero attached hydrogens (tertiary/aromatic N) is 4. The van der Waals surface area contributed by atoms with Gasteiger partial charge in [-0.05, 0) is 35.9 Å². The summed E-state index contributed by atoms with van der Waals surface area (Å²) in [5, 5.41) is 23.7. The minimum Gasteiger partial charge on any atom is -0.375 e. The number of aromatic nitrogens is 5. The van der Waals surface area contributed by atoms with E-state index < -0.39 is 26.3 Å². The monoisotopic (exact) mass is 564 g/mol. The number of para-hydroxylation sites is 1. The van der Waals surface area contributed by atoms with Gasteiger partial charge in [-0.25, -0.2) is 31.6 Å². The highest BCUT2D eigenvalue weighted by Gasteiger charge is 2.42. The molecule has 2 fully saturated rings. The lowest BCUT2D eigenvalue weighted by Crippen LogP contribution is -2.52. The highest BCUT2D eigenvalue weighted by Crippen LogP contribution is 2.63. The van der Waals surface area contributed by atoms with Crippen molar-refractivity contribution in [3.63, 3.8) is 0 Å². The molecule has 2 saturated heterocycles. The largest absolute Gasteiger partial charge is 0.375 e. The van der Waals surface area contributed by atoms with Gasteiger partial charge in [0.2, 0.25) is 15.8 Å². The maximum atomic E-state index is 13.2. The number of tetrazole rings is 1. The lowest BCUT2D eigenvalue weighted by atomic mass is 9.98. The molecule has 0 amide bonds. The number of hydrogen-bond acceptors (Lipinski definition) is 13. The second-order valence-electron chi connectivity index (χ2n) is 8.77. The second kappa shape index (κ2) is 8.93. The number of sulfonamides is 1. The van der Waals surface area contributed by atoms with E-state index in [0.29, 0.717) is 34.9 Å². The third-order valence-corrected chi connectivity index (χ3v) is 10.6. The van der Waals surface area contributed by atoms with Gasteiger partial charge in [0.15, 0.2) is 11.9 Å². The van der Waals surface area contributed by atoms with E-state index in [-0.39, 0.29) is 28.0 Å². The van der Waals surface area contributed by atoms with Gasteiger partial charge in [-0.2, -0.15) is 5.21 Å². The normalized spacial score (nSPS) is 22.2. The van der Waals surface area contributed by atoms with E-state index in [1.54, 1.807) is 12.1 Å². The molecule has 1 unspecified atom stereocenters. The number of hydrogen-bond donors (Lipinski definition) is 6. The van der Waals surface area contributed by atoms with Crippen molar-refractivity contribution >= 4 is 47.5 Å². The molecule has 2 aliphatic heterocycles. The Bertz CT molecular complexity index is 1580. The summed E-state index contributed by atoms with van der Waals surface area (Å²) in [6.07, 6.45) is 0.741. The van der Waals surface area contributed by atoms with Crippen LogP contribution in [0, 0.1) is 0 Å². The molecule has 0 saturated carbocycles. The standard InChI is InChI=1S/C20H24N10O4S3/c21-19-26-16-12(2-1-3-13(16)35-19)11-4-5-14(17(36(23,31)32)15(11)18-27-29-30-28-18)37(33-10-34-37)25-9-20(22)6-7-24-8-20/h1-5,24-25H,6-10,22H2,(H2,21,26)(H2,23,31,32)(H,27,28,29,30). The molecular formula is C20H24N10O4S3. The van der Waals surface area contributed by atoms with E-state index in [9.17, 15) is 8.42 Å². The first kappa shape index (κ1) is 24.6. The molecule has 4 heterocycles. The number of aromatic amines is 1. The molecule has 196 valence electrons. The molecule has 17 heteroatoms. The lowest BCUT2D eigenvalue weighted by molar-refractivity contribution is 0.0400. The zero-order chi connectivity index (χ0) is 25.8. The van der Waals surface area contributed by atoms with Gasteiger partial charge >= 0.3 is 0 Å². The molecule has 4 aromatic rings. The van der Waals surface area contributed by atoms with Gasteiger partial charge in [-0.1, -0.05) is 40.3 Å². The summed E-state index contributed by atoms with van der Waals surface area (Å²) >= 11 is 1.32. The number of H-pyrrole nitrogens is 1. The topological polar surface area (TPSA) is 222 Å². The van der Waals surface area contributed by atoms with E-state index in [0.717, 1.165) is 17.7 Å². The van der Waals surface area contributed by atoms with Crippen molar-refractivity contribution in [2.45, 2.75) is 21.8 Å². The number of benzene rings is 2. The Morgan fingerprint density at radius 3 is 2.70 bits per heavy atom. The summed E-state index contributed by atoms with van der Waals surface area (Å²) in [6.45, 7) is 1.70. The number of nitrogen functional groups attached to an aromatic ring is 1. The lowest BCUT2D eigenvalue weighted by Gasteiger charge is -2.51. The Morgan fingerprint density at radius 1 is 1.22 bits per heavy atom. The predicted octanol–water partition coefficient (Wildman–Crippen LogP) is 0.566. The summed E-state index contributed by atoms with van der Waals surface area (Å²) in [4.78, 5) is 4.45. The first-order valence-electron chi connectivity index (χ1n) is 11.1. The number of nitrogens with two attached hydrogens (primary N) is 3. The SMILES string of the molecule is Nc1nc2c(-c3ccc(S4(NCC5(N)CCNC5)OCO4)c(S(N)(=O)=O)c3-c3nn[nH]n3)cccc2s1. The zero-order valence-corrected chi connectivity index (χ0v) is 21.8. The van der Waals surface area contributed by atoms with Crippen LogP contribution < -0.4 is 26.6 Å². The molecule has 2 aromatic carbocycles. The number of anilines is 1. The fourth-order valence-electron chi connectivity index (χ4n) is 4.54. The smallest absolute Gasteiger partial charge is 0.240 e. The van der Waals surface area contributed by atoms with Crippen LogP contribution >= 0.6 is 22.1 Å². The van der Waals surface area contributed by atoms with Gasteiger partial charge in [-0.3, -0.25) is 0 Å². The Labute approximate surface area is 217 Å². The van der Waals surface area contributed by atoms with Crippen LogP contribution in [0.15, 0.2) is 40.1 Å². The summed E-state index contributed by atoms with van der Waals surface area (Å²) in [6, 6.07) is 8.91. The Morgan fingerprint density at radius 2 is 2.05 bits per heavy atom. The van der Waals surface area contributed by atoms with Crippen LogP contribution in [0.4, 0.5) is 5.13 Å². The van der Waals surface area contributed by atoms with Crippen molar-refractivity contribution in [3.8, 4) is 22.5 Å². The molecule has 1 atom stereocenters. The molecule has 9 N–H and O–H groups in total. The molecule has 6 rings (SSSR count). The Hall–Kier alpha value is -2.74. The average molecular weight is 565 g/mol. The number of nitrogens with one attached hydrogen (secondary N) is 3. The van der Waals surface area contributed by atoms with Crippen molar-refractivity contribution in [1.82, 2.24) is 35.6 Å². The molecule has 2 aromatic heterocycles. The van der Waals surface area contributed by atoms with Crippen molar-refractivity contribution in [3.05, 3.63) is 30.3 Å². The molecule has 0 spiro atoms. The number of fused-ring (bicyclic) bond motifs is 1. The van der Waals surface area contributed by atoms with Crippen LogP contribution in [0.3, 0.4) is 0 Å². The third kappa shape index (κ3) is 4.27. The van der Waals surface area contributed by atoms with Gasteiger partial charge in [0, 0.05) is 24.2 Å². The fourth-order valence-corrected chi connectivity index (χ4v) is 8.75. The van der Waals surface area contributed by atoms with Crippen LogP contribution in [-0.4, -0.2) is 66.0 Å². The van der Waals surface area contributed by atoms with E-state index >= 15 is 0 Å². The van der Waals surface area contributed by atoms with Crippen LogP contribution in [0.25, 0.3) is 32.7 Å². The number of primary sulfonamides is 1. The predicted molar refractivity (Wildman–Crippen MR) is 139 cm³/mol. The van der Waals surface area contributed by atoms with Crippen molar-refractivity contribution in [2.24, 2.45) is 10.9 Å². The molecular weight excluding hydrogens is 540 g/mol. The molecule has 14 nitrogen and oxygen atoms in total. The maximum Gasteiger partial charge on any atom is 0.240 e. The minimum atomic E-state index is -4.37. The van der Waals surface area contributed by atoms with E-state index in [2.05, 4.69) is 35.6 Å². The summed E-state index contributed by atoms with van der Waals surface area (Å²) in [5.41, 5.74) is 13.8. The van der Waals surface area contributed by atoms with Gasteiger partial charge in [0.1, 0.15) is 4.90 Å². The minimum absolute atomic E-state index is 0.0150. The average Bonchev–Trinajstić information content (AvgIpc) is 3.58. The Balaban J connectivity index is 1.58. The van der Waals surface area contributed by atoms with Crippen molar-refractivity contribution in [1.29, 1.82) is 0 Å². The van der Waals surface area contributed by atoms with Gasteiger partial charge < -0.3 is 16.8 Å². The first-order valence-corrected chi connectivity index (χ1v) is 15.0. The molecule has 0 radical (unpaired) electrons. The summed E-state index contributed by atoms with van der Waals surface area (Å²) in [7, 11) is -7.07. The van der Waals surface area contributed by atoms with Crippen molar-refractivity contribution in [2.75, 3.05) is 32.2 Å². The van der Waals surface area contributed by atoms with Gasteiger partial charge in [0.05, 0.1) is 20.7 Å². The first-order chi connectivity index (χ1) is 17.7. The quantitative estimate of drug-likeness (QED) is 0.181. The van der Waals surface area contributed by atoms with Crippen LogP contribution in [0.1, 0.15) is 6.42 Å². The second-order valence-corrected chi connectivity index (χ2v) is 13.5. The fraction of sp³-hybridized carbons (Fsp3) is 0.300. The number of rotatable bonds is 7. The molecule has 2 aliphatic rings. The van der Waals surface area contributed by atoms with Crippen molar-refractivity contribution < 1.29 is 16.8 Å². The maximum absolute atomic E-state index is 13.2. The summed E-state index contributed by atoms with van der Waals surface area (Å²) < 4.78 is 42.4. The molecule has 0 bridgehead atoms. The molecule has 0 aliphatic carbocycles. The van der Waals surface area contributed by atoms with Gasteiger partial charge in [0.25, 0.3) is 0 Å². The van der Waals surface area contributed by atoms with E-state index in [1.165, 1.54) is 11.3 Å². The van der Waals surface area contributed by atoms with Crippen LogP contribution in [0.5, 0.6) is 0 Å².